The van der Waals surface area contributed by atoms with E-state index in [1.54, 1.807) is 6.92 Å². The normalized spacial score (nSPS) is 14.4. The van der Waals surface area contributed by atoms with Gasteiger partial charge in [-0.05, 0) is 13.8 Å². The van der Waals surface area contributed by atoms with E-state index in [0.29, 0.717) is 0 Å². The third-order valence-electron chi connectivity index (χ3n) is 1.41. The lowest BCUT2D eigenvalue weighted by molar-refractivity contribution is -0.123. The third kappa shape index (κ3) is 5.02. The van der Waals surface area contributed by atoms with Crippen LogP contribution in [0, 0.1) is 0 Å². The van der Waals surface area contributed by atoms with E-state index in [1.807, 2.05) is 0 Å². The van der Waals surface area contributed by atoms with Crippen molar-refractivity contribution in [2.75, 3.05) is 6.61 Å². The minimum absolute atomic E-state index is 0.144. The minimum Gasteiger partial charge on any atom is -0.394 e. The van der Waals surface area contributed by atoms with E-state index < -0.39 is 12.1 Å². The SMILES string of the molecule is CC(NC(N)=O)C(=O)N[C@H](C)CO. The van der Waals surface area contributed by atoms with E-state index in [1.165, 1.54) is 6.92 Å². The number of primary amides is 1. The van der Waals surface area contributed by atoms with Crippen molar-refractivity contribution in [1.82, 2.24) is 10.6 Å². The smallest absolute Gasteiger partial charge is 0.312 e. The largest absolute Gasteiger partial charge is 0.394 e. The lowest BCUT2D eigenvalue weighted by atomic mass is 10.3. The maximum Gasteiger partial charge on any atom is 0.312 e. The van der Waals surface area contributed by atoms with Gasteiger partial charge >= 0.3 is 6.03 Å². The second-order valence-electron chi connectivity index (χ2n) is 2.82. The highest BCUT2D eigenvalue weighted by atomic mass is 16.3. The van der Waals surface area contributed by atoms with Crippen molar-refractivity contribution in [2.45, 2.75) is 25.9 Å². The van der Waals surface area contributed by atoms with Crippen LogP contribution < -0.4 is 16.4 Å². The first kappa shape index (κ1) is 11.7. The molecule has 13 heavy (non-hydrogen) atoms. The van der Waals surface area contributed by atoms with E-state index in [0.717, 1.165) is 0 Å². The van der Waals surface area contributed by atoms with Crippen molar-refractivity contribution in [2.24, 2.45) is 5.73 Å². The average molecular weight is 189 g/mol. The Bertz CT molecular complexity index is 195. The lowest BCUT2D eigenvalue weighted by Crippen LogP contribution is -2.49. The Morgan fingerprint density at radius 2 is 1.92 bits per heavy atom. The number of carbonyl (C=O) groups excluding carboxylic acids is 2. The summed E-state index contributed by atoms with van der Waals surface area (Å²) in [5.41, 5.74) is 4.82. The summed E-state index contributed by atoms with van der Waals surface area (Å²) in [4.78, 5) is 21.5. The Labute approximate surface area is 76.5 Å². The van der Waals surface area contributed by atoms with Gasteiger partial charge in [-0.1, -0.05) is 0 Å². The predicted octanol–water partition coefficient (Wildman–Crippen LogP) is -1.46. The molecule has 0 aromatic rings. The van der Waals surface area contributed by atoms with Crippen LogP contribution in [-0.4, -0.2) is 35.7 Å². The van der Waals surface area contributed by atoms with Gasteiger partial charge in [-0.2, -0.15) is 0 Å². The molecule has 0 aromatic heterocycles. The summed E-state index contributed by atoms with van der Waals surface area (Å²) in [6.07, 6.45) is 0. The van der Waals surface area contributed by atoms with E-state index in [2.05, 4.69) is 10.6 Å². The van der Waals surface area contributed by atoms with Crippen LogP contribution in [-0.2, 0) is 4.79 Å². The quantitative estimate of drug-likeness (QED) is 0.434. The fraction of sp³-hybridized carbons (Fsp3) is 0.714. The van der Waals surface area contributed by atoms with Crippen LogP contribution in [0.4, 0.5) is 4.79 Å². The number of rotatable bonds is 4. The zero-order valence-corrected chi connectivity index (χ0v) is 7.70. The number of hydrogen-bond donors (Lipinski definition) is 4. The molecule has 76 valence electrons. The van der Waals surface area contributed by atoms with E-state index in [4.69, 9.17) is 10.8 Å². The maximum atomic E-state index is 11.2. The van der Waals surface area contributed by atoms with Crippen molar-refractivity contribution in [3.8, 4) is 0 Å². The average Bonchev–Trinajstić information content (AvgIpc) is 2.02. The van der Waals surface area contributed by atoms with Crippen molar-refractivity contribution < 1.29 is 14.7 Å². The number of amides is 3. The van der Waals surface area contributed by atoms with Gasteiger partial charge in [-0.3, -0.25) is 4.79 Å². The predicted molar refractivity (Wildman–Crippen MR) is 46.9 cm³/mol. The summed E-state index contributed by atoms with van der Waals surface area (Å²) in [5, 5.41) is 13.3. The Morgan fingerprint density at radius 1 is 1.38 bits per heavy atom. The van der Waals surface area contributed by atoms with Crippen molar-refractivity contribution in [3.63, 3.8) is 0 Å². The van der Waals surface area contributed by atoms with Crippen LogP contribution in [0.3, 0.4) is 0 Å². The number of urea groups is 1. The van der Waals surface area contributed by atoms with Gasteiger partial charge in [0.1, 0.15) is 6.04 Å². The van der Waals surface area contributed by atoms with Crippen LogP contribution in [0.25, 0.3) is 0 Å². The minimum atomic E-state index is -0.751. The highest BCUT2D eigenvalue weighted by Crippen LogP contribution is 1.84. The van der Waals surface area contributed by atoms with Gasteiger partial charge in [0.2, 0.25) is 5.91 Å². The van der Waals surface area contributed by atoms with E-state index in [-0.39, 0.29) is 18.6 Å². The van der Waals surface area contributed by atoms with Crippen LogP contribution in [0.2, 0.25) is 0 Å². The molecule has 0 heterocycles. The van der Waals surface area contributed by atoms with Crippen LogP contribution in [0.15, 0.2) is 0 Å². The van der Waals surface area contributed by atoms with Gasteiger partial charge in [-0.25, -0.2) is 4.79 Å². The molecule has 0 spiro atoms. The standard InChI is InChI=1S/C7H15N3O3/c1-4(3-11)9-6(12)5(2)10-7(8)13/h4-5,11H,3H2,1-2H3,(H,9,12)(H3,8,10,13)/t4-,5?/m1/s1. The molecule has 0 saturated heterocycles. The number of hydrogen-bond acceptors (Lipinski definition) is 3. The molecular weight excluding hydrogens is 174 g/mol. The molecule has 0 saturated carbocycles. The second-order valence-corrected chi connectivity index (χ2v) is 2.82. The van der Waals surface area contributed by atoms with Crippen LogP contribution in [0.5, 0.6) is 0 Å². The van der Waals surface area contributed by atoms with E-state index in [9.17, 15) is 9.59 Å². The first-order valence-corrected chi connectivity index (χ1v) is 3.94. The summed E-state index contributed by atoms with van der Waals surface area (Å²) >= 11 is 0. The highest BCUT2D eigenvalue weighted by molar-refractivity contribution is 5.86. The molecule has 6 nitrogen and oxygen atoms in total. The molecule has 0 rings (SSSR count). The molecule has 0 aromatic carbocycles. The summed E-state index contributed by atoms with van der Waals surface area (Å²) in [5.74, 6) is -0.375. The molecule has 3 amide bonds. The van der Waals surface area contributed by atoms with Gasteiger partial charge in [0, 0.05) is 6.04 Å². The molecule has 6 heteroatoms. The molecule has 0 aliphatic rings. The molecule has 0 radical (unpaired) electrons. The van der Waals surface area contributed by atoms with Gasteiger partial charge < -0.3 is 21.5 Å². The van der Waals surface area contributed by atoms with Crippen molar-refractivity contribution in [1.29, 1.82) is 0 Å². The molecule has 0 aliphatic heterocycles. The summed E-state index contributed by atoms with van der Waals surface area (Å²) in [7, 11) is 0. The zero-order valence-electron chi connectivity index (χ0n) is 7.70. The van der Waals surface area contributed by atoms with Gasteiger partial charge in [-0.15, -0.1) is 0 Å². The maximum absolute atomic E-state index is 11.2. The lowest BCUT2D eigenvalue weighted by Gasteiger charge is -2.15. The fourth-order valence-electron chi connectivity index (χ4n) is 0.692. The number of nitrogens with two attached hydrogens (primary N) is 1. The summed E-state index contributed by atoms with van der Waals surface area (Å²) in [6.45, 7) is 3.01. The summed E-state index contributed by atoms with van der Waals surface area (Å²) < 4.78 is 0. The molecule has 1 unspecified atom stereocenters. The highest BCUT2D eigenvalue weighted by Gasteiger charge is 2.15. The monoisotopic (exact) mass is 189 g/mol. The van der Waals surface area contributed by atoms with Gasteiger partial charge in [0.25, 0.3) is 0 Å². The van der Waals surface area contributed by atoms with Crippen molar-refractivity contribution in [3.05, 3.63) is 0 Å². The van der Waals surface area contributed by atoms with Crippen molar-refractivity contribution >= 4 is 11.9 Å². The number of nitrogens with one attached hydrogen (secondary N) is 2. The first-order valence-electron chi connectivity index (χ1n) is 3.94. The van der Waals surface area contributed by atoms with Gasteiger partial charge in [0.15, 0.2) is 0 Å². The Kier molecular flexibility index (Phi) is 4.83. The third-order valence-corrected chi connectivity index (χ3v) is 1.41. The number of aliphatic hydroxyl groups is 1. The van der Waals surface area contributed by atoms with E-state index >= 15 is 0 Å². The molecule has 0 aliphatic carbocycles. The zero-order chi connectivity index (χ0) is 10.4. The topological polar surface area (TPSA) is 104 Å². The van der Waals surface area contributed by atoms with Gasteiger partial charge in [0.05, 0.1) is 6.61 Å². The number of aliphatic hydroxyl groups excluding tert-OH is 1. The Morgan fingerprint density at radius 3 is 2.31 bits per heavy atom. The molecule has 0 bridgehead atoms. The second kappa shape index (κ2) is 5.36. The Hall–Kier alpha value is -1.30. The first-order chi connectivity index (χ1) is 5.97. The molecular formula is C7H15N3O3. The van der Waals surface area contributed by atoms with Crippen LogP contribution in [0.1, 0.15) is 13.8 Å². The Balaban J connectivity index is 3.89. The fourth-order valence-corrected chi connectivity index (χ4v) is 0.692. The molecule has 5 N–H and O–H groups in total. The molecule has 0 fully saturated rings. The van der Waals surface area contributed by atoms with Crippen LogP contribution >= 0.6 is 0 Å². The summed E-state index contributed by atoms with van der Waals surface area (Å²) in [6, 6.07) is -1.77. The number of carbonyl (C=O) groups is 2. The molecule has 2 atom stereocenters.